The molecular formula is C36H31F3N2O2. The Bertz CT molecular complexity index is 1690. The van der Waals surface area contributed by atoms with Gasteiger partial charge in [-0.05, 0) is 82.3 Å². The van der Waals surface area contributed by atoms with Crippen LogP contribution in [-0.2, 0) is 32.5 Å². The van der Waals surface area contributed by atoms with Gasteiger partial charge in [0.05, 0.1) is 5.56 Å². The molecule has 0 radical (unpaired) electrons. The molecule has 0 fully saturated rings. The molecule has 3 N–H and O–H groups in total. The zero-order valence-corrected chi connectivity index (χ0v) is 23.4. The minimum Gasteiger partial charge on any atom is -0.507 e. The van der Waals surface area contributed by atoms with Crippen LogP contribution in [0.4, 0.5) is 13.2 Å². The standard InChI is InChI=1S/C36H31F3N2O2/c37-30-11-4-24(5-12-30)19-29-10-17-33(35(42)34(29)20-25-6-13-31(38)14-7-25)36(43)41-23-28-3-1-2-27(18-28)22-40-21-26-8-15-32(39)16-9-26/h1-18,40,42H,19-23H2,(H,41,43). The highest BCUT2D eigenvalue weighted by Crippen LogP contribution is 2.30. The van der Waals surface area contributed by atoms with E-state index < -0.39 is 5.91 Å². The van der Waals surface area contributed by atoms with Crippen molar-refractivity contribution in [1.82, 2.24) is 10.6 Å². The quantitative estimate of drug-likeness (QED) is 0.155. The van der Waals surface area contributed by atoms with E-state index in [0.29, 0.717) is 25.1 Å². The van der Waals surface area contributed by atoms with Crippen LogP contribution in [-0.4, -0.2) is 11.0 Å². The molecule has 0 saturated carbocycles. The Morgan fingerprint density at radius 2 is 1.09 bits per heavy atom. The summed E-state index contributed by atoms with van der Waals surface area (Å²) in [6, 6.07) is 29.7. The highest BCUT2D eigenvalue weighted by molar-refractivity contribution is 5.97. The number of amides is 1. The van der Waals surface area contributed by atoms with E-state index in [1.54, 1.807) is 48.5 Å². The Morgan fingerprint density at radius 1 is 0.581 bits per heavy atom. The Morgan fingerprint density at radius 3 is 1.70 bits per heavy atom. The molecule has 7 heteroatoms. The Kier molecular flexibility index (Phi) is 9.54. The summed E-state index contributed by atoms with van der Waals surface area (Å²) in [5, 5.41) is 17.5. The maximum absolute atomic E-state index is 13.5. The van der Waals surface area contributed by atoms with Gasteiger partial charge < -0.3 is 15.7 Å². The summed E-state index contributed by atoms with van der Waals surface area (Å²) >= 11 is 0. The highest BCUT2D eigenvalue weighted by atomic mass is 19.1. The molecular weight excluding hydrogens is 549 g/mol. The van der Waals surface area contributed by atoms with E-state index in [0.717, 1.165) is 33.4 Å². The zero-order chi connectivity index (χ0) is 30.2. The molecule has 0 spiro atoms. The van der Waals surface area contributed by atoms with Crippen LogP contribution in [0.25, 0.3) is 0 Å². The maximum Gasteiger partial charge on any atom is 0.255 e. The molecule has 4 nitrogen and oxygen atoms in total. The molecule has 0 bridgehead atoms. The lowest BCUT2D eigenvalue weighted by molar-refractivity contribution is 0.0948. The molecule has 0 aromatic heterocycles. The van der Waals surface area contributed by atoms with E-state index >= 15 is 0 Å². The number of hydrogen-bond donors (Lipinski definition) is 3. The molecule has 5 aromatic rings. The van der Waals surface area contributed by atoms with Crippen molar-refractivity contribution >= 4 is 5.91 Å². The first kappa shape index (κ1) is 29.6. The van der Waals surface area contributed by atoms with Crippen LogP contribution in [0, 0.1) is 17.5 Å². The molecule has 0 aliphatic carbocycles. The van der Waals surface area contributed by atoms with Gasteiger partial charge in [-0.25, -0.2) is 13.2 Å². The van der Waals surface area contributed by atoms with Crippen molar-refractivity contribution in [1.29, 1.82) is 0 Å². The number of rotatable bonds is 11. The van der Waals surface area contributed by atoms with Gasteiger partial charge in [-0.15, -0.1) is 0 Å². The van der Waals surface area contributed by atoms with E-state index in [-0.39, 0.29) is 41.7 Å². The molecule has 0 unspecified atom stereocenters. The van der Waals surface area contributed by atoms with Gasteiger partial charge >= 0.3 is 0 Å². The highest BCUT2D eigenvalue weighted by Gasteiger charge is 2.19. The third kappa shape index (κ3) is 8.11. The Labute approximate surface area is 248 Å². The van der Waals surface area contributed by atoms with E-state index in [1.807, 2.05) is 24.3 Å². The van der Waals surface area contributed by atoms with Crippen LogP contribution in [0.3, 0.4) is 0 Å². The van der Waals surface area contributed by atoms with Crippen LogP contribution in [0.5, 0.6) is 5.75 Å². The third-order valence-corrected chi connectivity index (χ3v) is 7.24. The van der Waals surface area contributed by atoms with Crippen molar-refractivity contribution in [3.8, 4) is 5.75 Å². The molecule has 5 rings (SSSR count). The molecule has 0 aliphatic rings. The van der Waals surface area contributed by atoms with E-state index in [1.165, 1.54) is 36.4 Å². The second kappa shape index (κ2) is 13.9. The SMILES string of the molecule is O=C(NCc1cccc(CNCc2ccc(F)cc2)c1)c1ccc(Cc2ccc(F)cc2)c(Cc2ccc(F)cc2)c1O. The van der Waals surface area contributed by atoms with Gasteiger partial charge in [0, 0.05) is 31.6 Å². The first-order chi connectivity index (χ1) is 20.8. The van der Waals surface area contributed by atoms with Gasteiger partial charge in [0.2, 0.25) is 0 Å². The van der Waals surface area contributed by atoms with Gasteiger partial charge in [-0.1, -0.05) is 66.7 Å². The predicted molar refractivity (Wildman–Crippen MR) is 161 cm³/mol. The van der Waals surface area contributed by atoms with E-state index in [9.17, 15) is 23.1 Å². The fourth-order valence-electron chi connectivity index (χ4n) is 4.93. The van der Waals surface area contributed by atoms with Crippen LogP contribution in [0.2, 0.25) is 0 Å². The molecule has 43 heavy (non-hydrogen) atoms. The number of carbonyl (C=O) groups is 1. The Balaban J connectivity index is 1.28. The molecule has 1 amide bonds. The number of carbonyl (C=O) groups excluding carboxylic acids is 1. The summed E-state index contributed by atoms with van der Waals surface area (Å²) in [7, 11) is 0. The molecule has 0 saturated heterocycles. The molecule has 5 aromatic carbocycles. The number of nitrogens with one attached hydrogen (secondary N) is 2. The fraction of sp³-hybridized carbons (Fsp3) is 0.139. The smallest absolute Gasteiger partial charge is 0.255 e. The molecule has 218 valence electrons. The van der Waals surface area contributed by atoms with Crippen molar-refractivity contribution < 1.29 is 23.1 Å². The number of aromatic hydroxyl groups is 1. The first-order valence-corrected chi connectivity index (χ1v) is 14.0. The van der Waals surface area contributed by atoms with Crippen molar-refractivity contribution in [2.24, 2.45) is 0 Å². The van der Waals surface area contributed by atoms with Gasteiger partial charge in [-0.2, -0.15) is 0 Å². The number of phenols is 1. The zero-order valence-electron chi connectivity index (χ0n) is 23.4. The summed E-state index contributed by atoms with van der Waals surface area (Å²) in [5.41, 5.74) is 6.01. The number of benzene rings is 5. The predicted octanol–water partition coefficient (Wildman–Crippen LogP) is 7.21. The molecule has 0 atom stereocenters. The van der Waals surface area contributed by atoms with Crippen molar-refractivity contribution in [3.63, 3.8) is 0 Å². The topological polar surface area (TPSA) is 61.4 Å². The lowest BCUT2D eigenvalue weighted by Crippen LogP contribution is -2.23. The number of hydrogen-bond acceptors (Lipinski definition) is 3. The summed E-state index contributed by atoms with van der Waals surface area (Å²) in [5.74, 6) is -1.53. The van der Waals surface area contributed by atoms with Crippen LogP contribution >= 0.6 is 0 Å². The van der Waals surface area contributed by atoms with Crippen LogP contribution < -0.4 is 10.6 Å². The van der Waals surface area contributed by atoms with Gasteiger partial charge in [0.25, 0.3) is 5.91 Å². The van der Waals surface area contributed by atoms with Crippen LogP contribution in [0.15, 0.2) is 109 Å². The summed E-state index contributed by atoms with van der Waals surface area (Å²) in [6.45, 7) is 1.45. The average molecular weight is 581 g/mol. The fourth-order valence-corrected chi connectivity index (χ4v) is 4.93. The van der Waals surface area contributed by atoms with Crippen molar-refractivity contribution in [2.75, 3.05) is 0 Å². The normalized spacial score (nSPS) is 11.0. The maximum atomic E-state index is 13.5. The number of phenolic OH excluding ortho intramolecular Hbond substituents is 1. The summed E-state index contributed by atoms with van der Waals surface area (Å²) < 4.78 is 40.1. The van der Waals surface area contributed by atoms with Crippen molar-refractivity contribution in [3.05, 3.63) is 171 Å². The van der Waals surface area contributed by atoms with Gasteiger partial charge in [-0.3, -0.25) is 4.79 Å². The monoisotopic (exact) mass is 580 g/mol. The summed E-state index contributed by atoms with van der Waals surface area (Å²) in [4.78, 5) is 13.2. The molecule has 0 heterocycles. The lowest BCUT2D eigenvalue weighted by Gasteiger charge is -2.16. The average Bonchev–Trinajstić information content (AvgIpc) is 3.01. The van der Waals surface area contributed by atoms with Gasteiger partial charge in [0.1, 0.15) is 23.2 Å². The number of halogens is 3. The largest absolute Gasteiger partial charge is 0.507 e. The lowest BCUT2D eigenvalue weighted by atomic mass is 9.92. The van der Waals surface area contributed by atoms with E-state index in [2.05, 4.69) is 10.6 Å². The second-order valence-electron chi connectivity index (χ2n) is 10.4. The second-order valence-corrected chi connectivity index (χ2v) is 10.4. The minimum atomic E-state index is -0.425. The van der Waals surface area contributed by atoms with Crippen molar-refractivity contribution in [2.45, 2.75) is 32.5 Å². The Hall–Kier alpha value is -4.88. The van der Waals surface area contributed by atoms with Crippen LogP contribution in [0.1, 0.15) is 49.3 Å². The van der Waals surface area contributed by atoms with E-state index in [4.69, 9.17) is 0 Å². The van der Waals surface area contributed by atoms with Gasteiger partial charge in [0.15, 0.2) is 0 Å². The minimum absolute atomic E-state index is 0.136. The first-order valence-electron chi connectivity index (χ1n) is 14.0. The third-order valence-electron chi connectivity index (χ3n) is 7.24. The summed E-state index contributed by atoms with van der Waals surface area (Å²) in [6.07, 6.45) is 0.713. The molecule has 0 aliphatic heterocycles.